The average Bonchev–Trinajstić information content (AvgIpc) is 2.46. The van der Waals surface area contributed by atoms with E-state index in [9.17, 15) is 0 Å². The minimum Gasteiger partial charge on any atom is -0.375 e. The monoisotopic (exact) mass is 264 g/mol. The van der Waals surface area contributed by atoms with E-state index in [0.717, 1.165) is 45.8 Å². The highest BCUT2D eigenvalue weighted by Crippen LogP contribution is 2.10. The molecule has 0 amide bonds. The minimum atomic E-state index is 0.723. The first-order valence-corrected chi connectivity index (χ1v) is 7.33. The third-order valence-electron chi connectivity index (χ3n) is 3.47. The first-order valence-electron chi connectivity index (χ1n) is 7.33. The van der Waals surface area contributed by atoms with Gasteiger partial charge in [-0.25, -0.2) is 0 Å². The van der Waals surface area contributed by atoms with Gasteiger partial charge in [0.05, 0.1) is 13.2 Å². The van der Waals surface area contributed by atoms with Gasteiger partial charge in [0.25, 0.3) is 0 Å². The van der Waals surface area contributed by atoms with Crippen LogP contribution in [0.15, 0.2) is 24.3 Å². The summed E-state index contributed by atoms with van der Waals surface area (Å²) in [5, 5.41) is 3.19. The van der Waals surface area contributed by atoms with Crippen LogP contribution >= 0.6 is 0 Å². The van der Waals surface area contributed by atoms with Crippen LogP contribution in [0.2, 0.25) is 0 Å². The molecule has 0 fully saturated rings. The van der Waals surface area contributed by atoms with Crippen molar-refractivity contribution in [1.82, 2.24) is 10.2 Å². The normalized spacial score (nSPS) is 11.2. The SMILES string of the molecule is CCN(CC)CCOCc1ccccc1CCNC. The Morgan fingerprint density at radius 1 is 1.11 bits per heavy atom. The Hall–Kier alpha value is -0.900. The van der Waals surface area contributed by atoms with Gasteiger partial charge < -0.3 is 15.0 Å². The quantitative estimate of drug-likeness (QED) is 0.656. The summed E-state index contributed by atoms with van der Waals surface area (Å²) < 4.78 is 5.81. The molecule has 0 spiro atoms. The minimum absolute atomic E-state index is 0.723. The van der Waals surface area contributed by atoms with E-state index in [1.165, 1.54) is 11.1 Å². The van der Waals surface area contributed by atoms with Gasteiger partial charge in [0.1, 0.15) is 0 Å². The zero-order valence-corrected chi connectivity index (χ0v) is 12.6. The molecule has 0 radical (unpaired) electrons. The summed E-state index contributed by atoms with van der Waals surface area (Å²) in [6.07, 6.45) is 1.06. The molecule has 3 nitrogen and oxygen atoms in total. The van der Waals surface area contributed by atoms with Crippen molar-refractivity contribution >= 4 is 0 Å². The lowest BCUT2D eigenvalue weighted by Crippen LogP contribution is -2.27. The van der Waals surface area contributed by atoms with Gasteiger partial charge in [-0.05, 0) is 44.2 Å². The molecule has 0 aliphatic rings. The van der Waals surface area contributed by atoms with Crippen LogP contribution in [0.4, 0.5) is 0 Å². The summed E-state index contributed by atoms with van der Waals surface area (Å²) in [6, 6.07) is 8.55. The lowest BCUT2D eigenvalue weighted by atomic mass is 10.1. The van der Waals surface area contributed by atoms with E-state index < -0.39 is 0 Å². The van der Waals surface area contributed by atoms with E-state index >= 15 is 0 Å². The van der Waals surface area contributed by atoms with Crippen LogP contribution in [0.25, 0.3) is 0 Å². The molecule has 19 heavy (non-hydrogen) atoms. The summed E-state index contributed by atoms with van der Waals surface area (Å²) in [5.41, 5.74) is 2.71. The van der Waals surface area contributed by atoms with Crippen LogP contribution in [-0.4, -0.2) is 44.7 Å². The van der Waals surface area contributed by atoms with Crippen molar-refractivity contribution in [3.05, 3.63) is 35.4 Å². The van der Waals surface area contributed by atoms with E-state index in [1.807, 2.05) is 7.05 Å². The summed E-state index contributed by atoms with van der Waals surface area (Å²) in [7, 11) is 1.99. The zero-order valence-electron chi connectivity index (χ0n) is 12.6. The third-order valence-corrected chi connectivity index (χ3v) is 3.47. The molecule has 0 atom stereocenters. The van der Waals surface area contributed by atoms with Crippen LogP contribution in [0.3, 0.4) is 0 Å². The van der Waals surface area contributed by atoms with Gasteiger partial charge in [0, 0.05) is 6.54 Å². The maximum atomic E-state index is 5.81. The number of nitrogens with one attached hydrogen (secondary N) is 1. The molecule has 0 heterocycles. The molecule has 108 valence electrons. The summed E-state index contributed by atoms with van der Waals surface area (Å²) in [5.74, 6) is 0. The number of nitrogens with zero attached hydrogens (tertiary/aromatic N) is 1. The second-order valence-corrected chi connectivity index (χ2v) is 4.70. The van der Waals surface area contributed by atoms with E-state index in [2.05, 4.69) is 48.3 Å². The van der Waals surface area contributed by atoms with Gasteiger partial charge in [-0.15, -0.1) is 0 Å². The van der Waals surface area contributed by atoms with Crippen LogP contribution < -0.4 is 5.32 Å². The van der Waals surface area contributed by atoms with Crippen molar-refractivity contribution < 1.29 is 4.74 Å². The topological polar surface area (TPSA) is 24.5 Å². The molecule has 0 aliphatic heterocycles. The Balaban J connectivity index is 2.35. The van der Waals surface area contributed by atoms with Crippen molar-refractivity contribution in [2.45, 2.75) is 26.9 Å². The first-order chi connectivity index (χ1) is 9.31. The smallest absolute Gasteiger partial charge is 0.0720 e. The zero-order chi connectivity index (χ0) is 13.9. The highest BCUT2D eigenvalue weighted by atomic mass is 16.5. The molecule has 1 N–H and O–H groups in total. The number of rotatable bonds is 10. The van der Waals surface area contributed by atoms with Crippen LogP contribution in [0.5, 0.6) is 0 Å². The molecule has 3 heteroatoms. The van der Waals surface area contributed by atoms with Gasteiger partial charge >= 0.3 is 0 Å². The van der Waals surface area contributed by atoms with Crippen LogP contribution in [0, 0.1) is 0 Å². The number of likely N-dealkylation sites (N-methyl/N-ethyl adjacent to an activating group) is 2. The Kier molecular flexibility index (Phi) is 8.47. The summed E-state index contributed by atoms with van der Waals surface area (Å²) in [6.45, 7) is 10.1. The van der Waals surface area contributed by atoms with Crippen LogP contribution in [-0.2, 0) is 17.8 Å². The molecular formula is C16H28N2O. The predicted octanol–water partition coefficient (Wildman–Crippen LogP) is 2.31. The van der Waals surface area contributed by atoms with Crippen LogP contribution in [0.1, 0.15) is 25.0 Å². The molecule has 0 aromatic heterocycles. The van der Waals surface area contributed by atoms with Crippen molar-refractivity contribution in [3.8, 4) is 0 Å². The molecule has 0 unspecified atom stereocenters. The van der Waals surface area contributed by atoms with E-state index in [0.29, 0.717) is 0 Å². The molecular weight excluding hydrogens is 236 g/mol. The Morgan fingerprint density at radius 2 is 1.79 bits per heavy atom. The van der Waals surface area contributed by atoms with Gasteiger partial charge in [-0.2, -0.15) is 0 Å². The molecule has 1 aromatic carbocycles. The fourth-order valence-corrected chi connectivity index (χ4v) is 2.12. The fourth-order valence-electron chi connectivity index (χ4n) is 2.12. The average molecular weight is 264 g/mol. The van der Waals surface area contributed by atoms with Crippen molar-refractivity contribution in [1.29, 1.82) is 0 Å². The standard InChI is InChI=1S/C16H28N2O/c1-4-18(5-2)12-13-19-14-16-9-7-6-8-15(16)10-11-17-3/h6-9,17H,4-5,10-14H2,1-3H3. The molecule has 1 rings (SSSR count). The van der Waals surface area contributed by atoms with Crippen molar-refractivity contribution in [2.24, 2.45) is 0 Å². The van der Waals surface area contributed by atoms with Crippen molar-refractivity contribution in [2.75, 3.05) is 39.8 Å². The maximum Gasteiger partial charge on any atom is 0.0720 e. The lowest BCUT2D eigenvalue weighted by Gasteiger charge is -2.18. The highest BCUT2D eigenvalue weighted by Gasteiger charge is 2.02. The number of ether oxygens (including phenoxy) is 1. The molecule has 1 aromatic rings. The summed E-state index contributed by atoms with van der Waals surface area (Å²) >= 11 is 0. The number of hydrogen-bond donors (Lipinski definition) is 1. The second kappa shape index (κ2) is 9.96. The van der Waals surface area contributed by atoms with E-state index in [-0.39, 0.29) is 0 Å². The Bertz CT molecular complexity index is 337. The van der Waals surface area contributed by atoms with Gasteiger partial charge in [0.2, 0.25) is 0 Å². The van der Waals surface area contributed by atoms with Gasteiger partial charge in [-0.1, -0.05) is 38.1 Å². The molecule has 0 bridgehead atoms. The Morgan fingerprint density at radius 3 is 2.42 bits per heavy atom. The number of hydrogen-bond acceptors (Lipinski definition) is 3. The molecule has 0 saturated carbocycles. The second-order valence-electron chi connectivity index (χ2n) is 4.70. The van der Waals surface area contributed by atoms with E-state index in [4.69, 9.17) is 4.74 Å². The van der Waals surface area contributed by atoms with Gasteiger partial charge in [-0.3, -0.25) is 0 Å². The maximum absolute atomic E-state index is 5.81. The van der Waals surface area contributed by atoms with Gasteiger partial charge in [0.15, 0.2) is 0 Å². The fraction of sp³-hybridized carbons (Fsp3) is 0.625. The predicted molar refractivity (Wildman–Crippen MR) is 81.5 cm³/mol. The number of benzene rings is 1. The highest BCUT2D eigenvalue weighted by molar-refractivity contribution is 5.26. The van der Waals surface area contributed by atoms with E-state index in [1.54, 1.807) is 0 Å². The van der Waals surface area contributed by atoms with Crippen molar-refractivity contribution in [3.63, 3.8) is 0 Å². The first kappa shape index (κ1) is 16.2. The molecule has 0 saturated heterocycles. The largest absolute Gasteiger partial charge is 0.375 e. The molecule has 0 aliphatic carbocycles. The summed E-state index contributed by atoms with van der Waals surface area (Å²) in [4.78, 5) is 2.38. The Labute approximate surface area is 118 Å². The lowest BCUT2D eigenvalue weighted by molar-refractivity contribution is 0.0952. The third kappa shape index (κ3) is 6.19.